The van der Waals surface area contributed by atoms with Gasteiger partial charge in [0.1, 0.15) is 6.54 Å². The number of carbonyl (C=O) groups is 2. The summed E-state index contributed by atoms with van der Waals surface area (Å²) in [6, 6.07) is 13.2. The van der Waals surface area contributed by atoms with Gasteiger partial charge < -0.3 is 20.1 Å². The normalized spacial score (nSPS) is 14.1. The summed E-state index contributed by atoms with van der Waals surface area (Å²) in [6.45, 7) is 1.64. The molecular formula is C23H25N5O4. The van der Waals surface area contributed by atoms with Crippen LogP contribution in [0.3, 0.4) is 0 Å². The Bertz CT molecular complexity index is 1130. The van der Waals surface area contributed by atoms with Crippen molar-refractivity contribution in [2.24, 2.45) is 0 Å². The summed E-state index contributed by atoms with van der Waals surface area (Å²) in [7, 11) is 0. The number of nitro benzene ring substituents is 1. The number of urea groups is 1. The number of amides is 3. The molecule has 4 rings (SSSR count). The van der Waals surface area contributed by atoms with Crippen molar-refractivity contribution in [3.63, 3.8) is 0 Å². The molecule has 0 bridgehead atoms. The number of hydrogen-bond acceptors (Lipinski definition) is 4. The summed E-state index contributed by atoms with van der Waals surface area (Å²) in [5.74, 6) is -0.220. The number of nitrogens with zero attached hydrogens (tertiary/aromatic N) is 3. The lowest BCUT2D eigenvalue weighted by molar-refractivity contribution is -0.384. The van der Waals surface area contributed by atoms with Gasteiger partial charge >= 0.3 is 6.03 Å². The molecule has 1 aliphatic heterocycles. The number of aromatic nitrogens is 1. The molecule has 0 saturated carbocycles. The Morgan fingerprint density at radius 1 is 0.906 bits per heavy atom. The van der Waals surface area contributed by atoms with Crippen LogP contribution in [0.1, 0.15) is 25.7 Å². The number of non-ortho nitro benzene ring substituents is 1. The molecule has 1 saturated heterocycles. The van der Waals surface area contributed by atoms with Gasteiger partial charge in [0.25, 0.3) is 5.69 Å². The van der Waals surface area contributed by atoms with E-state index in [1.54, 1.807) is 47.2 Å². The highest BCUT2D eigenvalue weighted by molar-refractivity contribution is 5.93. The Balaban J connectivity index is 1.34. The number of anilines is 2. The van der Waals surface area contributed by atoms with Crippen molar-refractivity contribution in [1.82, 2.24) is 9.47 Å². The standard InChI is InChI=1S/C23H25N5O4/c29-22(16-27-14-11-17-15-20(28(31)32)9-10-21(17)27)24-18-5-7-19(8-6-18)25-23(30)26-12-3-1-2-4-13-26/h5-11,14-15H,1-4,12-13,16H2,(H,24,29)(H,25,30). The second-order valence-corrected chi connectivity index (χ2v) is 7.90. The van der Waals surface area contributed by atoms with E-state index < -0.39 is 4.92 Å². The molecule has 1 aromatic heterocycles. The first-order chi connectivity index (χ1) is 15.5. The van der Waals surface area contributed by atoms with Crippen molar-refractivity contribution in [3.8, 4) is 0 Å². The minimum absolute atomic E-state index is 0.0164. The maximum atomic E-state index is 12.5. The van der Waals surface area contributed by atoms with Crippen molar-refractivity contribution in [2.75, 3.05) is 23.7 Å². The van der Waals surface area contributed by atoms with E-state index >= 15 is 0 Å². The summed E-state index contributed by atoms with van der Waals surface area (Å²) >= 11 is 0. The van der Waals surface area contributed by atoms with Crippen LogP contribution in [0.5, 0.6) is 0 Å². The maximum Gasteiger partial charge on any atom is 0.321 e. The van der Waals surface area contributed by atoms with Crippen LogP contribution in [-0.4, -0.2) is 39.4 Å². The summed E-state index contributed by atoms with van der Waals surface area (Å²) in [5.41, 5.74) is 2.06. The van der Waals surface area contributed by atoms with Gasteiger partial charge in [0, 0.05) is 53.7 Å². The van der Waals surface area contributed by atoms with Gasteiger partial charge in [-0.2, -0.15) is 0 Å². The van der Waals surface area contributed by atoms with Crippen LogP contribution in [0, 0.1) is 10.1 Å². The molecule has 32 heavy (non-hydrogen) atoms. The smallest absolute Gasteiger partial charge is 0.321 e. The summed E-state index contributed by atoms with van der Waals surface area (Å²) < 4.78 is 1.74. The second kappa shape index (κ2) is 9.51. The number of likely N-dealkylation sites (tertiary alicyclic amines) is 1. The number of nitrogens with one attached hydrogen (secondary N) is 2. The van der Waals surface area contributed by atoms with Crippen LogP contribution < -0.4 is 10.6 Å². The molecule has 2 N–H and O–H groups in total. The fourth-order valence-electron chi connectivity index (χ4n) is 3.91. The lowest BCUT2D eigenvalue weighted by atomic mass is 10.2. The average molecular weight is 435 g/mol. The minimum Gasteiger partial charge on any atom is -0.338 e. The zero-order valence-electron chi connectivity index (χ0n) is 17.6. The number of carbonyl (C=O) groups excluding carboxylic acids is 2. The quantitative estimate of drug-likeness (QED) is 0.451. The highest BCUT2D eigenvalue weighted by Crippen LogP contribution is 2.22. The van der Waals surface area contributed by atoms with Crippen molar-refractivity contribution >= 4 is 39.9 Å². The van der Waals surface area contributed by atoms with Crippen LogP contribution in [0.15, 0.2) is 54.7 Å². The van der Waals surface area contributed by atoms with E-state index in [-0.39, 0.29) is 24.2 Å². The number of rotatable bonds is 5. The van der Waals surface area contributed by atoms with Gasteiger partial charge in [-0.15, -0.1) is 0 Å². The Labute approximate surface area is 185 Å². The molecule has 1 fully saturated rings. The van der Waals surface area contributed by atoms with Crippen LogP contribution in [-0.2, 0) is 11.3 Å². The predicted molar refractivity (Wildman–Crippen MR) is 123 cm³/mol. The molecule has 0 atom stereocenters. The molecule has 2 heterocycles. The average Bonchev–Trinajstić information content (AvgIpc) is 2.98. The third kappa shape index (κ3) is 5.05. The van der Waals surface area contributed by atoms with E-state index in [0.29, 0.717) is 16.8 Å². The van der Waals surface area contributed by atoms with Gasteiger partial charge in [-0.25, -0.2) is 4.79 Å². The molecule has 9 nitrogen and oxygen atoms in total. The van der Waals surface area contributed by atoms with E-state index in [1.165, 1.54) is 12.1 Å². The summed E-state index contributed by atoms with van der Waals surface area (Å²) in [4.78, 5) is 37.2. The minimum atomic E-state index is -0.441. The van der Waals surface area contributed by atoms with Gasteiger partial charge in [-0.05, 0) is 49.2 Å². The lowest BCUT2D eigenvalue weighted by Gasteiger charge is -2.20. The largest absolute Gasteiger partial charge is 0.338 e. The zero-order chi connectivity index (χ0) is 22.5. The Hall–Kier alpha value is -3.88. The Morgan fingerprint density at radius 2 is 1.56 bits per heavy atom. The number of fused-ring (bicyclic) bond motifs is 1. The topological polar surface area (TPSA) is 110 Å². The van der Waals surface area contributed by atoms with E-state index in [0.717, 1.165) is 44.3 Å². The molecule has 0 spiro atoms. The van der Waals surface area contributed by atoms with Crippen LogP contribution in [0.25, 0.3) is 10.9 Å². The van der Waals surface area contributed by atoms with Gasteiger partial charge in [0.05, 0.1) is 4.92 Å². The Morgan fingerprint density at radius 3 is 2.22 bits per heavy atom. The first kappa shape index (κ1) is 21.4. The van der Waals surface area contributed by atoms with Crippen LogP contribution >= 0.6 is 0 Å². The highest BCUT2D eigenvalue weighted by Gasteiger charge is 2.15. The van der Waals surface area contributed by atoms with Crippen LogP contribution in [0.2, 0.25) is 0 Å². The Kier molecular flexibility index (Phi) is 6.34. The fourth-order valence-corrected chi connectivity index (χ4v) is 3.91. The van der Waals surface area contributed by atoms with Crippen molar-refractivity contribution in [2.45, 2.75) is 32.2 Å². The van der Waals surface area contributed by atoms with E-state index in [1.807, 2.05) is 4.90 Å². The molecule has 1 aliphatic rings. The number of hydrogen-bond donors (Lipinski definition) is 2. The lowest BCUT2D eigenvalue weighted by Crippen LogP contribution is -2.35. The van der Waals surface area contributed by atoms with E-state index in [2.05, 4.69) is 10.6 Å². The SMILES string of the molecule is O=C(Cn1ccc2cc([N+](=O)[O-])ccc21)Nc1ccc(NC(=O)N2CCCCCC2)cc1. The molecule has 3 amide bonds. The summed E-state index contributed by atoms with van der Waals surface area (Å²) in [5, 5.41) is 17.4. The van der Waals surface area contributed by atoms with Gasteiger partial charge in [0.15, 0.2) is 0 Å². The zero-order valence-corrected chi connectivity index (χ0v) is 17.6. The van der Waals surface area contributed by atoms with Crippen molar-refractivity contribution < 1.29 is 14.5 Å². The van der Waals surface area contributed by atoms with E-state index in [4.69, 9.17) is 0 Å². The van der Waals surface area contributed by atoms with Gasteiger partial charge in [-0.3, -0.25) is 14.9 Å². The third-order valence-corrected chi connectivity index (χ3v) is 5.59. The predicted octanol–water partition coefficient (Wildman–Crippen LogP) is 4.60. The highest BCUT2D eigenvalue weighted by atomic mass is 16.6. The van der Waals surface area contributed by atoms with E-state index in [9.17, 15) is 19.7 Å². The number of nitro groups is 1. The molecule has 0 aliphatic carbocycles. The molecule has 166 valence electrons. The monoisotopic (exact) mass is 435 g/mol. The van der Waals surface area contributed by atoms with Crippen molar-refractivity contribution in [3.05, 3.63) is 64.8 Å². The van der Waals surface area contributed by atoms with Crippen molar-refractivity contribution in [1.29, 1.82) is 0 Å². The molecule has 2 aromatic carbocycles. The summed E-state index contributed by atoms with van der Waals surface area (Å²) in [6.07, 6.45) is 6.13. The molecule has 3 aromatic rings. The van der Waals surface area contributed by atoms with Gasteiger partial charge in [0.2, 0.25) is 5.91 Å². The maximum absolute atomic E-state index is 12.5. The first-order valence-corrected chi connectivity index (χ1v) is 10.7. The molecule has 9 heteroatoms. The third-order valence-electron chi connectivity index (χ3n) is 5.59. The molecule has 0 unspecified atom stereocenters. The number of benzene rings is 2. The molecular weight excluding hydrogens is 410 g/mol. The first-order valence-electron chi connectivity index (χ1n) is 10.7. The fraction of sp³-hybridized carbons (Fsp3) is 0.304. The second-order valence-electron chi connectivity index (χ2n) is 7.90. The molecule has 0 radical (unpaired) electrons. The van der Waals surface area contributed by atoms with Gasteiger partial charge in [-0.1, -0.05) is 12.8 Å². The van der Waals surface area contributed by atoms with Crippen LogP contribution in [0.4, 0.5) is 21.9 Å².